The summed E-state index contributed by atoms with van der Waals surface area (Å²) in [7, 11) is 0. The number of nitrogens with one attached hydrogen (secondary N) is 2. The summed E-state index contributed by atoms with van der Waals surface area (Å²) in [5, 5.41) is 5.90. The van der Waals surface area contributed by atoms with Crippen LogP contribution in [0.25, 0.3) is 0 Å². The summed E-state index contributed by atoms with van der Waals surface area (Å²) in [5.41, 5.74) is 0.0471. The zero-order chi connectivity index (χ0) is 14.5. The summed E-state index contributed by atoms with van der Waals surface area (Å²) in [6, 6.07) is 7.47. The fourth-order valence-electron chi connectivity index (χ4n) is 1.61. The van der Waals surface area contributed by atoms with Gasteiger partial charge in [-0.05, 0) is 40.5 Å². The quantitative estimate of drug-likeness (QED) is 0.774. The third-order valence-corrected chi connectivity index (χ3v) is 3.19. The third-order valence-electron chi connectivity index (χ3n) is 2.58. The van der Waals surface area contributed by atoms with E-state index in [0.717, 1.165) is 25.1 Å². The minimum absolute atomic E-state index is 0.0471. The molecule has 0 amide bonds. The van der Waals surface area contributed by atoms with Crippen molar-refractivity contribution < 1.29 is 8.78 Å². The number of nitrogens with zero attached hydrogens (tertiary/aromatic N) is 1. The normalized spacial score (nSPS) is 10.4. The van der Waals surface area contributed by atoms with Gasteiger partial charge < -0.3 is 10.6 Å². The topological polar surface area (TPSA) is 37.0 Å². The third kappa shape index (κ3) is 3.66. The Bertz CT molecular complexity index is 605. The molecule has 0 atom stereocenters. The minimum atomic E-state index is -0.549. The highest BCUT2D eigenvalue weighted by molar-refractivity contribution is 9.10. The first-order valence-corrected chi connectivity index (χ1v) is 7.02. The summed E-state index contributed by atoms with van der Waals surface area (Å²) in [6.07, 6.45) is 0.978. The number of halogens is 3. The van der Waals surface area contributed by atoms with Gasteiger partial charge in [0.1, 0.15) is 23.3 Å². The number of rotatable bonds is 5. The van der Waals surface area contributed by atoms with E-state index in [9.17, 15) is 8.78 Å². The van der Waals surface area contributed by atoms with Gasteiger partial charge in [0.2, 0.25) is 0 Å². The highest BCUT2D eigenvalue weighted by Gasteiger charge is 2.09. The molecular weight excluding hydrogens is 328 g/mol. The van der Waals surface area contributed by atoms with Crippen LogP contribution in [0, 0.1) is 11.6 Å². The van der Waals surface area contributed by atoms with Crippen LogP contribution in [-0.2, 0) is 0 Å². The molecule has 0 fully saturated rings. The fraction of sp³-hybridized carbons (Fsp3) is 0.214. The van der Waals surface area contributed by atoms with Gasteiger partial charge in [0.05, 0.1) is 10.2 Å². The Balaban J connectivity index is 2.19. The van der Waals surface area contributed by atoms with Crippen molar-refractivity contribution in [2.24, 2.45) is 0 Å². The SMILES string of the molecule is CCCNc1cccc(Nc2cc(F)c(Br)cc2F)n1. The number of benzene rings is 1. The van der Waals surface area contributed by atoms with Crippen molar-refractivity contribution in [3.63, 3.8) is 0 Å². The van der Waals surface area contributed by atoms with Crippen LogP contribution >= 0.6 is 15.9 Å². The molecule has 0 spiro atoms. The van der Waals surface area contributed by atoms with E-state index in [1.807, 2.05) is 6.07 Å². The average Bonchev–Trinajstić information content (AvgIpc) is 2.43. The van der Waals surface area contributed by atoms with E-state index in [2.05, 4.69) is 38.5 Å². The molecule has 0 bridgehead atoms. The maximum absolute atomic E-state index is 13.7. The molecule has 2 rings (SSSR count). The lowest BCUT2D eigenvalue weighted by atomic mass is 10.3. The molecule has 6 heteroatoms. The Morgan fingerprint density at radius 2 is 1.90 bits per heavy atom. The Labute approximate surface area is 124 Å². The highest BCUT2D eigenvalue weighted by atomic mass is 79.9. The molecule has 1 heterocycles. The molecule has 1 aromatic carbocycles. The maximum Gasteiger partial charge on any atom is 0.148 e. The van der Waals surface area contributed by atoms with Gasteiger partial charge in [-0.1, -0.05) is 13.0 Å². The molecule has 106 valence electrons. The van der Waals surface area contributed by atoms with Gasteiger partial charge in [-0.15, -0.1) is 0 Å². The monoisotopic (exact) mass is 341 g/mol. The van der Waals surface area contributed by atoms with Crippen molar-refractivity contribution in [2.75, 3.05) is 17.2 Å². The molecular formula is C14H14BrF2N3. The van der Waals surface area contributed by atoms with Crippen LogP contribution in [0.2, 0.25) is 0 Å². The van der Waals surface area contributed by atoms with Gasteiger partial charge in [0.25, 0.3) is 0 Å². The lowest BCUT2D eigenvalue weighted by Gasteiger charge is -2.10. The van der Waals surface area contributed by atoms with Crippen LogP contribution in [0.15, 0.2) is 34.8 Å². The van der Waals surface area contributed by atoms with E-state index in [-0.39, 0.29) is 10.2 Å². The van der Waals surface area contributed by atoms with Crippen molar-refractivity contribution in [1.82, 2.24) is 4.98 Å². The molecule has 0 aliphatic rings. The minimum Gasteiger partial charge on any atom is -0.370 e. The molecule has 0 saturated carbocycles. The molecule has 0 radical (unpaired) electrons. The van der Waals surface area contributed by atoms with Crippen LogP contribution < -0.4 is 10.6 Å². The van der Waals surface area contributed by atoms with Gasteiger partial charge in [-0.3, -0.25) is 0 Å². The molecule has 20 heavy (non-hydrogen) atoms. The van der Waals surface area contributed by atoms with E-state index in [1.165, 1.54) is 0 Å². The van der Waals surface area contributed by atoms with Gasteiger partial charge >= 0.3 is 0 Å². The average molecular weight is 342 g/mol. The summed E-state index contributed by atoms with van der Waals surface area (Å²) in [6.45, 7) is 2.85. The largest absolute Gasteiger partial charge is 0.370 e. The van der Waals surface area contributed by atoms with Crippen LogP contribution in [0.5, 0.6) is 0 Å². The Morgan fingerprint density at radius 3 is 2.65 bits per heavy atom. The first kappa shape index (κ1) is 14.7. The number of hydrogen-bond acceptors (Lipinski definition) is 3. The predicted molar refractivity (Wildman–Crippen MR) is 80.4 cm³/mol. The van der Waals surface area contributed by atoms with Crippen molar-refractivity contribution in [1.29, 1.82) is 0 Å². The van der Waals surface area contributed by atoms with E-state index in [1.54, 1.807) is 12.1 Å². The van der Waals surface area contributed by atoms with Crippen molar-refractivity contribution in [3.05, 3.63) is 46.4 Å². The Morgan fingerprint density at radius 1 is 1.15 bits per heavy atom. The smallest absolute Gasteiger partial charge is 0.148 e. The summed E-state index contributed by atoms with van der Waals surface area (Å²) in [5.74, 6) is 0.0581. The fourth-order valence-corrected chi connectivity index (χ4v) is 1.93. The molecule has 0 saturated heterocycles. The molecule has 2 N–H and O–H groups in total. The van der Waals surface area contributed by atoms with Gasteiger partial charge in [-0.2, -0.15) is 0 Å². The summed E-state index contributed by atoms with van der Waals surface area (Å²) >= 11 is 2.94. The predicted octanol–water partition coefficient (Wildman–Crippen LogP) is 4.69. The zero-order valence-electron chi connectivity index (χ0n) is 10.9. The second kappa shape index (κ2) is 6.65. The van der Waals surface area contributed by atoms with Crippen LogP contribution in [0.3, 0.4) is 0 Å². The van der Waals surface area contributed by atoms with Gasteiger partial charge in [-0.25, -0.2) is 13.8 Å². The first-order chi connectivity index (χ1) is 9.60. The molecule has 1 aromatic heterocycles. The molecule has 0 aliphatic carbocycles. The Kier molecular flexibility index (Phi) is 4.89. The van der Waals surface area contributed by atoms with Gasteiger partial charge in [0.15, 0.2) is 0 Å². The standard InChI is InChI=1S/C14H14BrF2N3/c1-2-6-18-13-4-3-5-14(20-13)19-12-8-10(16)9(15)7-11(12)17/h3-5,7-8H,2,6H2,1H3,(H2,18,19,20). The van der Waals surface area contributed by atoms with Crippen molar-refractivity contribution in [2.45, 2.75) is 13.3 Å². The number of pyridine rings is 1. The highest BCUT2D eigenvalue weighted by Crippen LogP contribution is 2.25. The zero-order valence-corrected chi connectivity index (χ0v) is 12.5. The number of hydrogen-bond donors (Lipinski definition) is 2. The number of anilines is 3. The van der Waals surface area contributed by atoms with Gasteiger partial charge in [0, 0.05) is 12.6 Å². The Hall–Kier alpha value is -1.69. The van der Waals surface area contributed by atoms with E-state index < -0.39 is 11.6 Å². The maximum atomic E-state index is 13.7. The molecule has 0 aliphatic heterocycles. The second-order valence-electron chi connectivity index (χ2n) is 4.21. The van der Waals surface area contributed by atoms with E-state index in [4.69, 9.17) is 0 Å². The van der Waals surface area contributed by atoms with Crippen molar-refractivity contribution in [3.8, 4) is 0 Å². The van der Waals surface area contributed by atoms with E-state index >= 15 is 0 Å². The first-order valence-electron chi connectivity index (χ1n) is 6.22. The summed E-state index contributed by atoms with van der Waals surface area (Å²) < 4.78 is 27.2. The lowest BCUT2D eigenvalue weighted by Crippen LogP contribution is -2.04. The van der Waals surface area contributed by atoms with Crippen LogP contribution in [0.1, 0.15) is 13.3 Å². The lowest BCUT2D eigenvalue weighted by molar-refractivity contribution is 0.598. The van der Waals surface area contributed by atoms with Crippen molar-refractivity contribution >= 4 is 33.3 Å². The van der Waals surface area contributed by atoms with Crippen LogP contribution in [-0.4, -0.2) is 11.5 Å². The number of aromatic nitrogens is 1. The summed E-state index contributed by atoms with van der Waals surface area (Å²) in [4.78, 5) is 4.28. The second-order valence-corrected chi connectivity index (χ2v) is 5.06. The van der Waals surface area contributed by atoms with Crippen LogP contribution in [0.4, 0.5) is 26.1 Å². The van der Waals surface area contributed by atoms with E-state index in [0.29, 0.717) is 11.6 Å². The molecule has 3 nitrogen and oxygen atoms in total. The molecule has 0 unspecified atom stereocenters. The molecule has 2 aromatic rings.